The summed E-state index contributed by atoms with van der Waals surface area (Å²) in [5.74, 6) is 0.810. The Kier molecular flexibility index (Phi) is 5.91. The third-order valence-corrected chi connectivity index (χ3v) is 5.30. The van der Waals surface area contributed by atoms with E-state index in [-0.39, 0.29) is 17.9 Å². The van der Waals surface area contributed by atoms with E-state index in [1.54, 1.807) is 19.4 Å². The van der Waals surface area contributed by atoms with Gasteiger partial charge in [-0.2, -0.15) is 0 Å². The van der Waals surface area contributed by atoms with Crippen molar-refractivity contribution in [1.29, 1.82) is 0 Å². The van der Waals surface area contributed by atoms with Crippen molar-refractivity contribution in [3.8, 4) is 0 Å². The van der Waals surface area contributed by atoms with Crippen molar-refractivity contribution in [3.05, 3.63) is 23.9 Å². The van der Waals surface area contributed by atoms with E-state index in [0.717, 1.165) is 64.0 Å². The van der Waals surface area contributed by atoms with Crippen molar-refractivity contribution in [2.75, 3.05) is 38.3 Å². The van der Waals surface area contributed by atoms with Crippen molar-refractivity contribution >= 4 is 11.7 Å². The van der Waals surface area contributed by atoms with Crippen molar-refractivity contribution in [2.24, 2.45) is 5.41 Å². The van der Waals surface area contributed by atoms with Crippen LogP contribution in [0.2, 0.25) is 0 Å². The Morgan fingerprint density at radius 1 is 1.52 bits per heavy atom. The summed E-state index contributed by atoms with van der Waals surface area (Å²) in [6.07, 6.45) is 7.79. The van der Waals surface area contributed by atoms with Crippen molar-refractivity contribution in [2.45, 2.75) is 44.6 Å². The van der Waals surface area contributed by atoms with Gasteiger partial charge in [0.2, 0.25) is 0 Å². The normalized spacial score (nSPS) is 23.5. The van der Waals surface area contributed by atoms with Gasteiger partial charge in [0.05, 0.1) is 6.61 Å². The third-order valence-electron chi connectivity index (χ3n) is 5.30. The zero-order valence-corrected chi connectivity index (χ0v) is 15.0. The highest BCUT2D eigenvalue weighted by Gasteiger charge is 2.35. The third kappa shape index (κ3) is 4.70. The average Bonchev–Trinajstić information content (AvgIpc) is 3.46. The topological polar surface area (TPSA) is 74.7 Å². The molecule has 1 aromatic rings. The van der Waals surface area contributed by atoms with Crippen LogP contribution in [0, 0.1) is 5.41 Å². The van der Waals surface area contributed by atoms with E-state index in [9.17, 15) is 9.90 Å². The number of anilines is 1. The van der Waals surface area contributed by atoms with Gasteiger partial charge in [-0.25, -0.2) is 4.98 Å². The second-order valence-electron chi connectivity index (χ2n) is 7.43. The lowest BCUT2D eigenvalue weighted by Gasteiger charge is -2.42. The number of nitrogens with one attached hydrogen (secondary N) is 1. The summed E-state index contributed by atoms with van der Waals surface area (Å²) < 4.78 is 5.16. The number of rotatable bonds is 8. The zero-order valence-electron chi connectivity index (χ0n) is 15.0. The van der Waals surface area contributed by atoms with Gasteiger partial charge in [0, 0.05) is 50.0 Å². The van der Waals surface area contributed by atoms with Crippen molar-refractivity contribution in [3.63, 3.8) is 0 Å². The second kappa shape index (κ2) is 8.15. The van der Waals surface area contributed by atoms with Crippen LogP contribution in [0.1, 0.15) is 48.9 Å². The van der Waals surface area contributed by atoms with Gasteiger partial charge in [0.1, 0.15) is 5.82 Å². The summed E-state index contributed by atoms with van der Waals surface area (Å²) >= 11 is 0. The fourth-order valence-electron chi connectivity index (χ4n) is 3.64. The fraction of sp³-hybridized carbons (Fsp3) is 0.684. The van der Waals surface area contributed by atoms with Crippen LogP contribution in [0.3, 0.4) is 0 Å². The smallest absolute Gasteiger partial charge is 0.251 e. The molecule has 2 fully saturated rings. The minimum atomic E-state index is -0.106. The van der Waals surface area contributed by atoms with Crippen LogP contribution in [0.4, 0.5) is 5.82 Å². The standard InChI is InChI=1S/C19H29N3O3/c1-25-11-3-8-19(14-23)7-2-10-22(13-19)17-12-15(6-9-20-17)18(24)21-16-4-5-16/h6,9,12,16,23H,2-5,7-8,10-11,13-14H2,1H3,(H,21,24)/t19-/m1/s1. The van der Waals surface area contributed by atoms with Crippen LogP contribution in [0.5, 0.6) is 0 Å². The maximum atomic E-state index is 12.3. The number of aliphatic hydroxyl groups excluding tert-OH is 1. The van der Waals surface area contributed by atoms with Gasteiger partial charge in [-0.1, -0.05) is 0 Å². The van der Waals surface area contributed by atoms with Gasteiger partial charge < -0.3 is 20.1 Å². The summed E-state index contributed by atoms with van der Waals surface area (Å²) in [5, 5.41) is 13.0. The number of hydrogen-bond acceptors (Lipinski definition) is 5. The molecule has 0 spiro atoms. The van der Waals surface area contributed by atoms with E-state index in [4.69, 9.17) is 4.74 Å². The van der Waals surface area contributed by atoms with Crippen LogP contribution in [0.25, 0.3) is 0 Å². The molecule has 1 aliphatic carbocycles. The maximum absolute atomic E-state index is 12.3. The van der Waals surface area contributed by atoms with Gasteiger partial charge in [-0.3, -0.25) is 4.79 Å². The SMILES string of the molecule is COCCC[C@]1(CO)CCCN(c2cc(C(=O)NC3CC3)ccn2)C1. The number of amides is 1. The molecule has 2 aliphatic rings. The maximum Gasteiger partial charge on any atom is 0.251 e. The molecule has 2 N–H and O–H groups in total. The monoisotopic (exact) mass is 347 g/mol. The number of aliphatic hydroxyl groups is 1. The molecular weight excluding hydrogens is 318 g/mol. The summed E-state index contributed by atoms with van der Waals surface area (Å²) in [7, 11) is 1.71. The first-order valence-corrected chi connectivity index (χ1v) is 9.27. The zero-order chi connectivity index (χ0) is 17.7. The molecule has 1 saturated heterocycles. The molecule has 25 heavy (non-hydrogen) atoms. The van der Waals surface area contributed by atoms with Gasteiger partial charge >= 0.3 is 0 Å². The number of methoxy groups -OCH3 is 1. The molecule has 1 aromatic heterocycles. The van der Waals surface area contributed by atoms with Crippen LogP contribution in [0.15, 0.2) is 18.3 Å². The Labute approximate surface area is 149 Å². The molecule has 0 bridgehead atoms. The van der Waals surface area contributed by atoms with Crippen LogP contribution in [-0.4, -0.2) is 55.5 Å². The number of nitrogens with zero attached hydrogens (tertiary/aromatic N) is 2. The predicted octanol–water partition coefficient (Wildman–Crippen LogP) is 1.98. The van der Waals surface area contributed by atoms with Crippen LogP contribution < -0.4 is 10.2 Å². The summed E-state index contributed by atoms with van der Waals surface area (Å²) in [5.41, 5.74) is 0.557. The van der Waals surface area contributed by atoms with Gasteiger partial charge in [0.15, 0.2) is 0 Å². The molecule has 1 atom stereocenters. The van der Waals surface area contributed by atoms with Crippen LogP contribution >= 0.6 is 0 Å². The van der Waals surface area contributed by atoms with E-state index < -0.39 is 0 Å². The number of carbonyl (C=O) groups is 1. The molecule has 1 amide bonds. The van der Waals surface area contributed by atoms with Crippen LogP contribution in [-0.2, 0) is 4.74 Å². The Bertz CT molecular complexity index is 591. The van der Waals surface area contributed by atoms with E-state index in [1.807, 2.05) is 6.07 Å². The van der Waals surface area contributed by atoms with Gasteiger partial charge in [-0.15, -0.1) is 0 Å². The summed E-state index contributed by atoms with van der Waals surface area (Å²) in [6, 6.07) is 3.99. The summed E-state index contributed by atoms with van der Waals surface area (Å²) in [6.45, 7) is 2.58. The molecule has 0 radical (unpaired) electrons. The Balaban J connectivity index is 1.68. The minimum absolute atomic E-state index is 0.0170. The highest BCUT2D eigenvalue weighted by molar-refractivity contribution is 5.95. The Morgan fingerprint density at radius 2 is 2.36 bits per heavy atom. The Hall–Kier alpha value is -1.66. The largest absolute Gasteiger partial charge is 0.396 e. The first kappa shape index (κ1) is 18.1. The molecule has 1 saturated carbocycles. The number of piperidine rings is 1. The van der Waals surface area contributed by atoms with Gasteiger partial charge in [0.25, 0.3) is 5.91 Å². The Morgan fingerprint density at radius 3 is 3.08 bits per heavy atom. The lowest BCUT2D eigenvalue weighted by molar-refractivity contribution is 0.0820. The first-order valence-electron chi connectivity index (χ1n) is 9.27. The number of carbonyl (C=O) groups excluding carboxylic acids is 1. The number of ether oxygens (including phenoxy) is 1. The molecule has 0 aromatic carbocycles. The molecule has 1 aliphatic heterocycles. The van der Waals surface area contributed by atoms with E-state index >= 15 is 0 Å². The first-order chi connectivity index (χ1) is 12.2. The molecule has 2 heterocycles. The van der Waals surface area contributed by atoms with Gasteiger partial charge in [-0.05, 0) is 50.7 Å². The highest BCUT2D eigenvalue weighted by atomic mass is 16.5. The quantitative estimate of drug-likeness (QED) is 0.704. The number of aromatic nitrogens is 1. The number of pyridine rings is 1. The average molecular weight is 347 g/mol. The lowest BCUT2D eigenvalue weighted by Crippen LogP contribution is -2.46. The molecule has 6 heteroatoms. The summed E-state index contributed by atoms with van der Waals surface area (Å²) in [4.78, 5) is 19.0. The van der Waals surface area contributed by atoms with Crippen molar-refractivity contribution in [1.82, 2.24) is 10.3 Å². The molecule has 6 nitrogen and oxygen atoms in total. The molecular formula is C19H29N3O3. The lowest BCUT2D eigenvalue weighted by atomic mass is 9.77. The predicted molar refractivity (Wildman–Crippen MR) is 96.8 cm³/mol. The molecule has 0 unspecified atom stereocenters. The molecule has 3 rings (SSSR count). The number of hydrogen-bond donors (Lipinski definition) is 2. The van der Waals surface area contributed by atoms with E-state index in [2.05, 4.69) is 15.2 Å². The minimum Gasteiger partial charge on any atom is -0.396 e. The van der Waals surface area contributed by atoms with E-state index in [0.29, 0.717) is 11.6 Å². The highest BCUT2D eigenvalue weighted by Crippen LogP contribution is 2.36. The van der Waals surface area contributed by atoms with Crippen molar-refractivity contribution < 1.29 is 14.6 Å². The molecule has 138 valence electrons. The van der Waals surface area contributed by atoms with E-state index in [1.165, 1.54) is 0 Å². The fourth-order valence-corrected chi connectivity index (χ4v) is 3.64. The second-order valence-corrected chi connectivity index (χ2v) is 7.43.